The van der Waals surface area contributed by atoms with Gasteiger partial charge in [-0.15, -0.1) is 0 Å². The number of unbranched alkanes of at least 4 members (excludes halogenated alkanes) is 2. The second-order valence-electron chi connectivity index (χ2n) is 19.1. The summed E-state index contributed by atoms with van der Waals surface area (Å²) in [6.07, 6.45) is 3.90. The summed E-state index contributed by atoms with van der Waals surface area (Å²) in [5, 5.41) is 36.1. The molecule has 0 saturated heterocycles. The molecule has 386 valence electrons. The maximum Gasteiger partial charge on any atom is 0.343 e. The van der Waals surface area contributed by atoms with Crippen LogP contribution in [0.4, 0.5) is 4.39 Å². The van der Waals surface area contributed by atoms with Crippen LogP contribution in [-0.4, -0.2) is 118 Å². The Morgan fingerprint density at radius 1 is 0.918 bits per heavy atom. The van der Waals surface area contributed by atoms with E-state index >= 15 is 4.39 Å². The molecule has 0 saturated carbocycles. The van der Waals surface area contributed by atoms with Crippen LogP contribution < -0.4 is 32.1 Å². The molecule has 2 aromatic heterocycles. The fraction of sp³-hybridized carbons (Fsp3) is 0.442. The fourth-order valence-corrected chi connectivity index (χ4v) is 10.1. The number of hydrogen-bond donors (Lipinski definition) is 7. The average molecular weight is 1010 g/mol. The molecule has 4 atom stereocenters. The summed E-state index contributed by atoms with van der Waals surface area (Å²) in [4.78, 5) is 108. The maximum absolute atomic E-state index is 15.5. The fourth-order valence-electron chi connectivity index (χ4n) is 10.1. The van der Waals surface area contributed by atoms with Gasteiger partial charge in [-0.2, -0.15) is 0 Å². The molecule has 8 rings (SSSR count). The monoisotopic (exact) mass is 1010 g/mol. The molecule has 7 N–H and O–H groups in total. The smallest absolute Gasteiger partial charge is 0.343 e. The summed E-state index contributed by atoms with van der Waals surface area (Å²) in [7, 11) is 0. The van der Waals surface area contributed by atoms with Crippen molar-refractivity contribution in [3.05, 3.63) is 110 Å². The number of hydrogen-bond acceptors (Lipinski definition) is 14. The van der Waals surface area contributed by atoms with Gasteiger partial charge in [-0.3, -0.25) is 43.8 Å². The minimum Gasteiger partial charge on any atom is -0.458 e. The van der Waals surface area contributed by atoms with Gasteiger partial charge in [-0.1, -0.05) is 50.6 Å². The zero-order valence-electron chi connectivity index (χ0n) is 40.9. The number of aromatic nitrogens is 2. The van der Waals surface area contributed by atoms with Gasteiger partial charge in [0, 0.05) is 53.1 Å². The van der Waals surface area contributed by atoms with E-state index in [-0.39, 0.29) is 94.2 Å². The number of ether oxygens (including phenoxy) is 2. The number of cyclic esters (lactones) is 1. The SMILES string of the molecule is CC[C@@]1(O)C(=O)OCc2c1cc1n(c2=O)Cc2c-1nc1cc(F)c(C)c3c1c2[C@](C)(COCNC(=O)CNC(=O)[C@H](Cc1ccccc1)NC(O)CNC(=O)CNC(=O)CCCCCN1C(=O)C=CC1=O)CC3. The number of esters is 1. The van der Waals surface area contributed by atoms with E-state index in [2.05, 4.69) is 26.6 Å². The van der Waals surface area contributed by atoms with E-state index in [0.717, 1.165) is 32.5 Å². The van der Waals surface area contributed by atoms with Crippen molar-refractivity contribution in [3.8, 4) is 11.4 Å². The molecule has 20 nitrogen and oxygen atoms in total. The summed E-state index contributed by atoms with van der Waals surface area (Å²) in [5.74, 6) is -4.11. The standard InChI is InChI=1S/C52H59FN8O12/c1-4-52(71)34-20-38-47-32(25-61(38)49(69)33(34)26-73-50(52)70)46-45-31(29(2)35(53)21-36(45)59-47)16-17-51(46,3)27-72-28-57-41(64)23-56-48(68)37(19-30-11-7-5-8-12-30)58-42(65)24-55-40(63)22-54-39(62)13-9-6-10-18-60-43(66)14-15-44(60)67/h5,7-8,11-12,14-15,20-21,37,42,58,65,71H,4,6,9-10,13,16-19,22-28H2,1-3H3,(H,54,62)(H,55,63)(H,56,68)(H,57,64)/t37-,42?,51-,52-/m0/s1. The summed E-state index contributed by atoms with van der Waals surface area (Å²) < 4.78 is 28.4. The number of nitrogens with zero attached hydrogens (tertiary/aromatic N) is 3. The third-order valence-electron chi connectivity index (χ3n) is 14.2. The van der Waals surface area contributed by atoms with Crippen LogP contribution in [0, 0.1) is 12.7 Å². The number of aliphatic hydroxyl groups excluding tert-OH is 1. The van der Waals surface area contributed by atoms with Crippen LogP contribution in [0.2, 0.25) is 0 Å². The Labute approximate surface area is 419 Å². The number of benzene rings is 2. The predicted molar refractivity (Wildman–Crippen MR) is 260 cm³/mol. The van der Waals surface area contributed by atoms with Crippen molar-refractivity contribution >= 4 is 52.3 Å². The topological polar surface area (TPSA) is 277 Å². The molecular weight excluding hydrogens is 948 g/mol. The lowest BCUT2D eigenvalue weighted by atomic mass is 9.69. The van der Waals surface area contributed by atoms with E-state index in [9.17, 15) is 48.6 Å². The molecule has 2 aromatic carbocycles. The Hall–Kier alpha value is -7.20. The van der Waals surface area contributed by atoms with Crippen LogP contribution in [0.5, 0.6) is 0 Å². The number of pyridine rings is 2. The Morgan fingerprint density at radius 3 is 2.38 bits per heavy atom. The summed E-state index contributed by atoms with van der Waals surface area (Å²) in [6.45, 7) is 4.20. The number of fused-ring (bicyclic) bond motifs is 5. The lowest BCUT2D eigenvalue weighted by Gasteiger charge is -2.37. The molecule has 5 heterocycles. The van der Waals surface area contributed by atoms with Gasteiger partial charge in [-0.05, 0) is 73.8 Å². The second-order valence-corrected chi connectivity index (χ2v) is 19.1. The van der Waals surface area contributed by atoms with Gasteiger partial charge in [-0.25, -0.2) is 14.2 Å². The van der Waals surface area contributed by atoms with E-state index in [1.54, 1.807) is 44.2 Å². The van der Waals surface area contributed by atoms with Crippen molar-refractivity contribution in [2.24, 2.45) is 0 Å². The van der Waals surface area contributed by atoms with E-state index in [0.29, 0.717) is 54.6 Å². The number of aryl methyl sites for hydroxylation is 1. The highest BCUT2D eigenvalue weighted by Gasteiger charge is 2.47. The maximum atomic E-state index is 15.5. The number of rotatable bonds is 22. The lowest BCUT2D eigenvalue weighted by Crippen LogP contribution is -2.54. The molecule has 73 heavy (non-hydrogen) atoms. The Morgan fingerprint density at radius 2 is 1.64 bits per heavy atom. The number of carbonyl (C=O) groups excluding carboxylic acids is 7. The molecule has 4 aromatic rings. The van der Waals surface area contributed by atoms with Gasteiger partial charge in [0.15, 0.2) is 5.60 Å². The van der Waals surface area contributed by atoms with Crippen molar-refractivity contribution in [1.82, 2.24) is 41.0 Å². The van der Waals surface area contributed by atoms with Crippen LogP contribution in [0.15, 0.2) is 59.4 Å². The number of aliphatic hydroxyl groups is 2. The van der Waals surface area contributed by atoms with Gasteiger partial charge in [0.2, 0.25) is 23.6 Å². The first-order valence-electron chi connectivity index (χ1n) is 24.4. The zero-order valence-corrected chi connectivity index (χ0v) is 40.9. The molecule has 21 heteroatoms. The number of amides is 6. The van der Waals surface area contributed by atoms with Crippen molar-refractivity contribution in [2.45, 2.75) is 109 Å². The molecule has 0 fully saturated rings. The molecule has 0 radical (unpaired) electrons. The minimum atomic E-state index is -2.03. The molecule has 6 amide bonds. The van der Waals surface area contributed by atoms with Crippen molar-refractivity contribution in [2.75, 3.05) is 39.5 Å². The molecule has 0 bridgehead atoms. The van der Waals surface area contributed by atoms with Crippen LogP contribution in [-0.2, 0) is 80.0 Å². The third kappa shape index (κ3) is 10.9. The second kappa shape index (κ2) is 21.9. The molecule has 3 aliphatic heterocycles. The van der Waals surface area contributed by atoms with Crippen molar-refractivity contribution in [3.63, 3.8) is 0 Å². The van der Waals surface area contributed by atoms with E-state index in [4.69, 9.17) is 14.5 Å². The zero-order chi connectivity index (χ0) is 52.2. The van der Waals surface area contributed by atoms with Crippen molar-refractivity contribution < 1.29 is 57.6 Å². The van der Waals surface area contributed by atoms with Gasteiger partial charge >= 0.3 is 5.97 Å². The third-order valence-corrected chi connectivity index (χ3v) is 14.2. The first-order valence-corrected chi connectivity index (χ1v) is 24.4. The quantitative estimate of drug-likeness (QED) is 0.0222. The molecular formula is C52H59FN8O12. The van der Waals surface area contributed by atoms with E-state index in [1.807, 2.05) is 13.0 Å². The van der Waals surface area contributed by atoms with Gasteiger partial charge < -0.3 is 45.5 Å². The van der Waals surface area contributed by atoms with Crippen LogP contribution in [0.25, 0.3) is 22.3 Å². The average Bonchev–Trinajstić information content (AvgIpc) is 3.91. The van der Waals surface area contributed by atoms with Crippen LogP contribution in [0.3, 0.4) is 0 Å². The highest BCUT2D eigenvalue weighted by Crippen LogP contribution is 2.49. The summed E-state index contributed by atoms with van der Waals surface area (Å²) in [6, 6.07) is 10.9. The molecule has 1 unspecified atom stereocenters. The number of imide groups is 1. The Bertz CT molecular complexity index is 2960. The van der Waals surface area contributed by atoms with Crippen LogP contribution >= 0.6 is 0 Å². The molecule has 1 aliphatic carbocycles. The number of carbonyl (C=O) groups is 7. The summed E-state index contributed by atoms with van der Waals surface area (Å²) >= 11 is 0. The van der Waals surface area contributed by atoms with E-state index in [1.165, 1.54) is 22.8 Å². The highest BCUT2D eigenvalue weighted by molar-refractivity contribution is 6.12. The largest absolute Gasteiger partial charge is 0.458 e. The summed E-state index contributed by atoms with van der Waals surface area (Å²) in [5.41, 5.74) is 1.97. The van der Waals surface area contributed by atoms with Gasteiger partial charge in [0.25, 0.3) is 17.4 Å². The predicted octanol–water partition coefficient (Wildman–Crippen LogP) is 1.17. The van der Waals surface area contributed by atoms with Gasteiger partial charge in [0.05, 0.1) is 61.3 Å². The highest BCUT2D eigenvalue weighted by atomic mass is 19.1. The normalized spacial score (nSPS) is 19.2. The lowest BCUT2D eigenvalue weighted by molar-refractivity contribution is -0.172. The van der Waals surface area contributed by atoms with Gasteiger partial charge in [0.1, 0.15) is 25.4 Å². The molecule has 4 aliphatic rings. The minimum absolute atomic E-state index is 0.0253. The van der Waals surface area contributed by atoms with Crippen LogP contribution in [0.1, 0.15) is 91.3 Å². The number of nitrogens with one attached hydrogen (secondary N) is 5. The first-order chi connectivity index (χ1) is 34.9. The van der Waals surface area contributed by atoms with E-state index < -0.39 is 64.9 Å². The Balaban J connectivity index is 0.843. The Kier molecular flexibility index (Phi) is 15.6. The van der Waals surface area contributed by atoms with Crippen molar-refractivity contribution in [1.29, 1.82) is 0 Å². The molecule has 0 spiro atoms. The number of halogens is 1. The first kappa shape index (κ1) is 52.1.